The van der Waals surface area contributed by atoms with Gasteiger partial charge in [0.25, 0.3) is 0 Å². The number of halogens is 1. The number of nitrogens with zero attached hydrogens (tertiary/aromatic N) is 1. The molecule has 5 heteroatoms. The SMILES string of the molecule is C[C@H]1CN(CCCC(=O)O)C[C@H](c2ccc(F)cc2)O1. The van der Waals surface area contributed by atoms with Gasteiger partial charge in [0.05, 0.1) is 12.2 Å². The fourth-order valence-corrected chi connectivity index (χ4v) is 2.54. The van der Waals surface area contributed by atoms with Crippen molar-refractivity contribution in [2.75, 3.05) is 19.6 Å². The Morgan fingerprint density at radius 3 is 2.75 bits per heavy atom. The Bertz CT molecular complexity index is 449. The number of benzene rings is 1. The van der Waals surface area contributed by atoms with Crippen LogP contribution in [-0.4, -0.2) is 41.7 Å². The van der Waals surface area contributed by atoms with E-state index in [1.54, 1.807) is 12.1 Å². The van der Waals surface area contributed by atoms with Gasteiger partial charge in [-0.3, -0.25) is 9.69 Å². The smallest absolute Gasteiger partial charge is 0.303 e. The largest absolute Gasteiger partial charge is 0.481 e. The van der Waals surface area contributed by atoms with Gasteiger partial charge in [-0.1, -0.05) is 12.1 Å². The van der Waals surface area contributed by atoms with Crippen LogP contribution in [0.3, 0.4) is 0 Å². The monoisotopic (exact) mass is 281 g/mol. The molecule has 110 valence electrons. The third-order valence-electron chi connectivity index (χ3n) is 3.44. The summed E-state index contributed by atoms with van der Waals surface area (Å²) in [6.07, 6.45) is 0.832. The van der Waals surface area contributed by atoms with E-state index in [0.29, 0.717) is 6.42 Å². The maximum Gasteiger partial charge on any atom is 0.303 e. The van der Waals surface area contributed by atoms with Crippen molar-refractivity contribution in [1.29, 1.82) is 0 Å². The van der Waals surface area contributed by atoms with Gasteiger partial charge in [-0.25, -0.2) is 4.39 Å². The van der Waals surface area contributed by atoms with Crippen molar-refractivity contribution >= 4 is 5.97 Å². The lowest BCUT2D eigenvalue weighted by atomic mass is 10.1. The number of ether oxygens (including phenoxy) is 1. The highest BCUT2D eigenvalue weighted by Gasteiger charge is 2.26. The summed E-state index contributed by atoms with van der Waals surface area (Å²) in [5.41, 5.74) is 0.959. The molecule has 1 fully saturated rings. The van der Waals surface area contributed by atoms with Crippen LogP contribution in [0.15, 0.2) is 24.3 Å². The molecule has 2 rings (SSSR count). The third-order valence-corrected chi connectivity index (χ3v) is 3.44. The van der Waals surface area contributed by atoms with E-state index in [0.717, 1.165) is 25.2 Å². The van der Waals surface area contributed by atoms with Crippen molar-refractivity contribution in [3.8, 4) is 0 Å². The van der Waals surface area contributed by atoms with Crippen LogP contribution in [0, 0.1) is 5.82 Å². The van der Waals surface area contributed by atoms with E-state index in [-0.39, 0.29) is 24.4 Å². The number of aliphatic carboxylic acids is 1. The molecule has 0 radical (unpaired) electrons. The van der Waals surface area contributed by atoms with Gasteiger partial charge in [0.1, 0.15) is 5.82 Å². The van der Waals surface area contributed by atoms with E-state index in [1.807, 2.05) is 6.92 Å². The molecule has 0 saturated carbocycles. The Morgan fingerprint density at radius 1 is 1.40 bits per heavy atom. The van der Waals surface area contributed by atoms with Crippen LogP contribution in [-0.2, 0) is 9.53 Å². The van der Waals surface area contributed by atoms with E-state index in [9.17, 15) is 9.18 Å². The van der Waals surface area contributed by atoms with Gasteiger partial charge < -0.3 is 9.84 Å². The van der Waals surface area contributed by atoms with Gasteiger partial charge in [0.15, 0.2) is 0 Å². The fraction of sp³-hybridized carbons (Fsp3) is 0.533. The second-order valence-electron chi connectivity index (χ2n) is 5.24. The van der Waals surface area contributed by atoms with Crippen LogP contribution in [0.2, 0.25) is 0 Å². The minimum atomic E-state index is -0.763. The topological polar surface area (TPSA) is 49.8 Å². The highest BCUT2D eigenvalue weighted by atomic mass is 19.1. The lowest BCUT2D eigenvalue weighted by Gasteiger charge is -2.37. The molecule has 1 heterocycles. The maximum absolute atomic E-state index is 12.9. The van der Waals surface area contributed by atoms with E-state index in [4.69, 9.17) is 9.84 Å². The second-order valence-corrected chi connectivity index (χ2v) is 5.24. The van der Waals surface area contributed by atoms with Gasteiger partial charge in [-0.2, -0.15) is 0 Å². The number of rotatable bonds is 5. The molecule has 0 unspecified atom stereocenters. The molecule has 4 nitrogen and oxygen atoms in total. The minimum absolute atomic E-state index is 0.0795. The van der Waals surface area contributed by atoms with Crippen LogP contribution >= 0.6 is 0 Å². The normalized spacial score (nSPS) is 23.7. The summed E-state index contributed by atoms with van der Waals surface area (Å²) in [7, 11) is 0. The van der Waals surface area contributed by atoms with Gasteiger partial charge in [-0.05, 0) is 37.6 Å². The standard InChI is InChI=1S/C15H20FNO3/c1-11-9-17(8-2-3-15(18)19)10-14(20-11)12-4-6-13(16)7-5-12/h4-7,11,14H,2-3,8-10H2,1H3,(H,18,19)/t11-,14+/m0/s1. The van der Waals surface area contributed by atoms with Crippen molar-refractivity contribution in [2.24, 2.45) is 0 Å². The fourth-order valence-electron chi connectivity index (χ4n) is 2.54. The van der Waals surface area contributed by atoms with Gasteiger partial charge in [-0.15, -0.1) is 0 Å². The number of carboxylic acid groups (broad SMARTS) is 1. The average molecular weight is 281 g/mol. The van der Waals surface area contributed by atoms with Crippen molar-refractivity contribution in [2.45, 2.75) is 32.0 Å². The van der Waals surface area contributed by atoms with Crippen LogP contribution in [0.1, 0.15) is 31.4 Å². The molecule has 2 atom stereocenters. The molecule has 0 bridgehead atoms. The zero-order valence-corrected chi connectivity index (χ0v) is 11.6. The second kappa shape index (κ2) is 6.81. The number of hydrogen-bond acceptors (Lipinski definition) is 3. The Kier molecular flexibility index (Phi) is 5.09. The third kappa shape index (κ3) is 4.28. The first-order chi connectivity index (χ1) is 9.54. The number of morpholine rings is 1. The molecule has 1 aliphatic rings. The van der Waals surface area contributed by atoms with Crippen LogP contribution in [0.5, 0.6) is 0 Å². The van der Waals surface area contributed by atoms with Gasteiger partial charge in [0, 0.05) is 19.5 Å². The Hall–Kier alpha value is -1.46. The highest BCUT2D eigenvalue weighted by molar-refractivity contribution is 5.66. The molecular formula is C15H20FNO3. The summed E-state index contributed by atoms with van der Waals surface area (Å²) in [6.45, 7) is 4.27. The average Bonchev–Trinajstić information content (AvgIpc) is 2.38. The number of carboxylic acids is 1. The summed E-state index contributed by atoms with van der Waals surface area (Å²) in [6, 6.07) is 6.36. The summed E-state index contributed by atoms with van der Waals surface area (Å²) >= 11 is 0. The van der Waals surface area contributed by atoms with Gasteiger partial charge in [0.2, 0.25) is 0 Å². The molecular weight excluding hydrogens is 261 g/mol. The number of carbonyl (C=O) groups is 1. The summed E-state index contributed by atoms with van der Waals surface area (Å²) in [4.78, 5) is 12.8. The van der Waals surface area contributed by atoms with Crippen molar-refractivity contribution in [3.63, 3.8) is 0 Å². The molecule has 1 aromatic rings. The van der Waals surface area contributed by atoms with E-state index >= 15 is 0 Å². The van der Waals surface area contributed by atoms with Crippen molar-refractivity contribution in [1.82, 2.24) is 4.90 Å². The first-order valence-electron chi connectivity index (χ1n) is 6.89. The molecule has 0 aromatic heterocycles. The van der Waals surface area contributed by atoms with Crippen LogP contribution in [0.25, 0.3) is 0 Å². The Balaban J connectivity index is 1.93. The van der Waals surface area contributed by atoms with Crippen molar-refractivity contribution in [3.05, 3.63) is 35.6 Å². The predicted molar refractivity (Wildman–Crippen MR) is 73.0 cm³/mol. The minimum Gasteiger partial charge on any atom is -0.481 e. The highest BCUT2D eigenvalue weighted by Crippen LogP contribution is 2.25. The summed E-state index contributed by atoms with van der Waals surface area (Å²) in [5, 5.41) is 8.67. The molecule has 0 aliphatic carbocycles. The molecule has 1 aliphatic heterocycles. The molecule has 1 aromatic carbocycles. The zero-order chi connectivity index (χ0) is 14.5. The lowest BCUT2D eigenvalue weighted by Crippen LogP contribution is -2.43. The number of hydrogen-bond donors (Lipinski definition) is 1. The van der Waals surface area contributed by atoms with Gasteiger partial charge >= 0.3 is 5.97 Å². The molecule has 1 N–H and O–H groups in total. The quantitative estimate of drug-likeness (QED) is 0.900. The van der Waals surface area contributed by atoms with Crippen LogP contribution < -0.4 is 0 Å². The Morgan fingerprint density at radius 2 is 2.10 bits per heavy atom. The summed E-state index contributed by atoms with van der Waals surface area (Å²) in [5.74, 6) is -1.02. The van der Waals surface area contributed by atoms with Crippen LogP contribution in [0.4, 0.5) is 4.39 Å². The molecule has 0 amide bonds. The van der Waals surface area contributed by atoms with Crippen molar-refractivity contribution < 1.29 is 19.0 Å². The maximum atomic E-state index is 12.9. The molecule has 1 saturated heterocycles. The Labute approximate surface area is 118 Å². The first kappa shape index (κ1) is 14.9. The van der Waals surface area contributed by atoms with E-state index in [2.05, 4.69) is 4.90 Å². The van der Waals surface area contributed by atoms with E-state index < -0.39 is 5.97 Å². The first-order valence-corrected chi connectivity index (χ1v) is 6.89. The predicted octanol–water partition coefficient (Wildman–Crippen LogP) is 2.45. The lowest BCUT2D eigenvalue weighted by molar-refractivity contribution is -0.137. The zero-order valence-electron chi connectivity index (χ0n) is 11.6. The van der Waals surface area contributed by atoms with E-state index in [1.165, 1.54) is 12.1 Å². The molecule has 0 spiro atoms. The molecule has 20 heavy (non-hydrogen) atoms. The summed E-state index contributed by atoms with van der Waals surface area (Å²) < 4.78 is 18.8.